The fraction of sp³-hybridized carbons (Fsp3) is 0.440. The summed E-state index contributed by atoms with van der Waals surface area (Å²) in [7, 11) is 2.13. The van der Waals surface area contributed by atoms with E-state index >= 15 is 0 Å². The Morgan fingerprint density at radius 3 is 3.00 bits per heavy atom. The highest BCUT2D eigenvalue weighted by Gasteiger charge is 2.50. The summed E-state index contributed by atoms with van der Waals surface area (Å²) < 4.78 is 4.88. The second-order valence-corrected chi connectivity index (χ2v) is 9.24. The van der Waals surface area contributed by atoms with Crippen LogP contribution in [-0.2, 0) is 25.6 Å². The van der Waals surface area contributed by atoms with Gasteiger partial charge in [0.15, 0.2) is 0 Å². The number of nitrogens with one attached hydrogen (secondary N) is 1. The summed E-state index contributed by atoms with van der Waals surface area (Å²) in [6, 6.07) is 9.97. The highest BCUT2D eigenvalue weighted by molar-refractivity contribution is 5.87. The van der Waals surface area contributed by atoms with Crippen LogP contribution in [0.1, 0.15) is 54.5 Å². The first-order valence-electron chi connectivity index (χ1n) is 10.8. The van der Waals surface area contributed by atoms with E-state index in [2.05, 4.69) is 71.2 Å². The molecule has 3 aliphatic rings. The van der Waals surface area contributed by atoms with Crippen molar-refractivity contribution in [3.8, 4) is 0 Å². The molecule has 2 aromatic heterocycles. The third kappa shape index (κ3) is 2.20. The van der Waals surface area contributed by atoms with E-state index in [-0.39, 0.29) is 5.41 Å². The van der Waals surface area contributed by atoms with Crippen molar-refractivity contribution >= 4 is 16.5 Å². The van der Waals surface area contributed by atoms with Crippen molar-refractivity contribution < 1.29 is 0 Å². The van der Waals surface area contributed by atoms with E-state index in [1.54, 1.807) is 16.8 Å². The molecular formula is C25H29N3. The average molecular weight is 372 g/mol. The minimum atomic E-state index is 0.239. The number of rotatable bonds is 1. The largest absolute Gasteiger partial charge is 0.357 e. The number of fused-ring (bicyclic) bond motifs is 3. The highest BCUT2D eigenvalue weighted by atomic mass is 15.1. The summed E-state index contributed by atoms with van der Waals surface area (Å²) in [5.74, 6) is 0. The van der Waals surface area contributed by atoms with Gasteiger partial charge in [-0.15, -0.1) is 0 Å². The molecule has 1 saturated carbocycles. The van der Waals surface area contributed by atoms with Gasteiger partial charge in [-0.3, -0.25) is 0 Å². The molecule has 144 valence electrons. The van der Waals surface area contributed by atoms with Gasteiger partial charge in [0, 0.05) is 60.6 Å². The standard InChI is InChI=1S/C25H29N3/c1-17-7-8-22-20(13-17)21-15-26-23-6-3-10-25(23)14-18(19-9-12-27(2)16-19)5-4-11-28(22)24(21)25/h5,7-9,12-13,16,23,26H,3-4,6,10-11,14-15H2,1-2H3/b18-5+. The Balaban J connectivity index is 1.60. The van der Waals surface area contributed by atoms with Crippen LogP contribution in [0.15, 0.2) is 42.7 Å². The van der Waals surface area contributed by atoms with Crippen LogP contribution in [0.3, 0.4) is 0 Å². The lowest BCUT2D eigenvalue weighted by Crippen LogP contribution is -2.50. The van der Waals surface area contributed by atoms with Crippen LogP contribution in [0, 0.1) is 6.92 Å². The van der Waals surface area contributed by atoms with Crippen molar-refractivity contribution in [2.45, 2.75) is 63.6 Å². The van der Waals surface area contributed by atoms with E-state index < -0.39 is 0 Å². The molecule has 3 heteroatoms. The number of aromatic nitrogens is 2. The maximum absolute atomic E-state index is 3.97. The van der Waals surface area contributed by atoms with Gasteiger partial charge in [-0.25, -0.2) is 0 Å². The molecule has 3 nitrogen and oxygen atoms in total. The molecule has 4 heterocycles. The maximum atomic E-state index is 3.97. The van der Waals surface area contributed by atoms with Crippen LogP contribution >= 0.6 is 0 Å². The minimum Gasteiger partial charge on any atom is -0.357 e. The summed E-state index contributed by atoms with van der Waals surface area (Å²) in [6.45, 7) is 4.35. The monoisotopic (exact) mass is 371 g/mol. The van der Waals surface area contributed by atoms with Gasteiger partial charge in [0.2, 0.25) is 0 Å². The van der Waals surface area contributed by atoms with E-state index in [0.717, 1.165) is 25.9 Å². The lowest BCUT2D eigenvalue weighted by Gasteiger charge is -2.43. The molecule has 0 saturated heterocycles. The van der Waals surface area contributed by atoms with Gasteiger partial charge in [0.1, 0.15) is 0 Å². The molecule has 2 atom stereocenters. The third-order valence-corrected chi connectivity index (χ3v) is 7.56. The quantitative estimate of drug-likeness (QED) is 0.634. The van der Waals surface area contributed by atoms with Crippen molar-refractivity contribution in [1.82, 2.24) is 14.5 Å². The van der Waals surface area contributed by atoms with E-state index in [1.165, 1.54) is 41.3 Å². The predicted octanol–water partition coefficient (Wildman–Crippen LogP) is 5.06. The number of hydrogen-bond donors (Lipinski definition) is 1. The number of hydrogen-bond acceptors (Lipinski definition) is 1. The first-order valence-corrected chi connectivity index (χ1v) is 10.8. The zero-order valence-corrected chi connectivity index (χ0v) is 17.0. The van der Waals surface area contributed by atoms with E-state index in [9.17, 15) is 0 Å². The van der Waals surface area contributed by atoms with Crippen molar-refractivity contribution in [1.29, 1.82) is 0 Å². The fourth-order valence-corrected chi connectivity index (χ4v) is 6.39. The van der Waals surface area contributed by atoms with Crippen LogP contribution in [-0.4, -0.2) is 15.2 Å². The molecule has 28 heavy (non-hydrogen) atoms. The first kappa shape index (κ1) is 16.7. The number of aryl methyl sites for hydroxylation is 3. The molecular weight excluding hydrogens is 342 g/mol. The zero-order chi connectivity index (χ0) is 18.9. The van der Waals surface area contributed by atoms with Crippen molar-refractivity contribution in [3.05, 3.63) is 65.1 Å². The molecule has 1 aliphatic carbocycles. The molecule has 0 amide bonds. The van der Waals surface area contributed by atoms with Crippen LogP contribution in [0.2, 0.25) is 0 Å². The van der Waals surface area contributed by atoms with Gasteiger partial charge < -0.3 is 14.5 Å². The Morgan fingerprint density at radius 2 is 2.14 bits per heavy atom. The van der Waals surface area contributed by atoms with Crippen LogP contribution in [0.25, 0.3) is 16.5 Å². The topological polar surface area (TPSA) is 21.9 Å². The molecule has 0 bridgehead atoms. The SMILES string of the molecule is Cc1ccc2c(c1)c1c3n2CC/C=C(/c2ccn(C)c2)CC32CCCC2NC1. The van der Waals surface area contributed by atoms with Gasteiger partial charge in [-0.05, 0) is 67.5 Å². The third-order valence-electron chi connectivity index (χ3n) is 7.56. The second kappa shape index (κ2) is 5.87. The first-order chi connectivity index (χ1) is 13.7. The molecule has 1 fully saturated rings. The highest BCUT2D eigenvalue weighted by Crippen LogP contribution is 2.53. The Morgan fingerprint density at radius 1 is 1.21 bits per heavy atom. The molecule has 0 radical (unpaired) electrons. The number of benzene rings is 1. The summed E-state index contributed by atoms with van der Waals surface area (Å²) in [4.78, 5) is 0. The number of allylic oxidation sites excluding steroid dienone is 2. The zero-order valence-electron chi connectivity index (χ0n) is 17.0. The van der Waals surface area contributed by atoms with Gasteiger partial charge in [-0.2, -0.15) is 0 Å². The van der Waals surface area contributed by atoms with Gasteiger partial charge >= 0.3 is 0 Å². The molecule has 1 N–H and O–H groups in total. The lowest BCUT2D eigenvalue weighted by atomic mass is 9.69. The Labute approximate surface area is 167 Å². The lowest BCUT2D eigenvalue weighted by molar-refractivity contribution is 0.293. The normalized spacial score (nSPS) is 28.4. The van der Waals surface area contributed by atoms with Crippen molar-refractivity contribution in [3.63, 3.8) is 0 Å². The predicted molar refractivity (Wildman–Crippen MR) is 115 cm³/mol. The Hall–Kier alpha value is -2.26. The summed E-state index contributed by atoms with van der Waals surface area (Å²) >= 11 is 0. The smallest absolute Gasteiger partial charge is 0.0486 e. The van der Waals surface area contributed by atoms with Gasteiger partial charge in [0.25, 0.3) is 0 Å². The molecule has 1 spiro atoms. The molecule has 3 aromatic rings. The average Bonchev–Trinajstić information content (AvgIpc) is 3.35. The Kier molecular flexibility index (Phi) is 3.49. The molecule has 2 unspecified atom stereocenters. The van der Waals surface area contributed by atoms with Crippen LogP contribution < -0.4 is 5.32 Å². The van der Waals surface area contributed by atoms with Crippen molar-refractivity contribution in [2.24, 2.45) is 7.05 Å². The fourth-order valence-electron chi connectivity index (χ4n) is 6.39. The maximum Gasteiger partial charge on any atom is 0.0486 e. The molecule has 1 aromatic carbocycles. The minimum absolute atomic E-state index is 0.239. The number of nitrogens with zero attached hydrogens (tertiary/aromatic N) is 2. The molecule has 6 rings (SSSR count). The van der Waals surface area contributed by atoms with Gasteiger partial charge in [-0.1, -0.05) is 24.1 Å². The van der Waals surface area contributed by atoms with Gasteiger partial charge in [0.05, 0.1) is 0 Å². The van der Waals surface area contributed by atoms with Crippen LogP contribution in [0.4, 0.5) is 0 Å². The summed E-state index contributed by atoms with van der Waals surface area (Å²) in [5.41, 5.74) is 9.25. The van der Waals surface area contributed by atoms with E-state index in [4.69, 9.17) is 0 Å². The summed E-state index contributed by atoms with van der Waals surface area (Å²) in [6.07, 6.45) is 13.2. The second-order valence-electron chi connectivity index (χ2n) is 9.24. The Bertz CT molecular complexity index is 1110. The van der Waals surface area contributed by atoms with E-state index in [1.807, 2.05) is 0 Å². The van der Waals surface area contributed by atoms with Crippen LogP contribution in [0.5, 0.6) is 0 Å². The van der Waals surface area contributed by atoms with E-state index in [0.29, 0.717) is 6.04 Å². The summed E-state index contributed by atoms with van der Waals surface area (Å²) in [5, 5.41) is 5.45. The molecule has 2 aliphatic heterocycles. The van der Waals surface area contributed by atoms with Crippen molar-refractivity contribution in [2.75, 3.05) is 0 Å².